The lowest BCUT2D eigenvalue weighted by atomic mass is 10.4. The Hall–Kier alpha value is -0.430. The average molecular weight is 234 g/mol. The topological polar surface area (TPSA) is 63.4 Å². The Morgan fingerprint density at radius 1 is 1.57 bits per heavy atom. The predicted octanol–water partition coefficient (Wildman–Crippen LogP) is 0.847. The number of nitrogens with zero attached hydrogens (tertiary/aromatic N) is 1. The summed E-state index contributed by atoms with van der Waals surface area (Å²) in [4.78, 5) is 0. The van der Waals surface area contributed by atoms with Gasteiger partial charge in [-0.15, -0.1) is 11.3 Å². The van der Waals surface area contributed by atoms with Crippen LogP contribution in [0.5, 0.6) is 0 Å². The predicted molar refractivity (Wildman–Crippen MR) is 57.7 cm³/mol. The Morgan fingerprint density at radius 2 is 2.21 bits per heavy atom. The SMILES string of the molecule is CCN(C)S(=O)(=O)c1cc(CN)cs1. The summed E-state index contributed by atoms with van der Waals surface area (Å²) < 4.78 is 25.3. The fourth-order valence-corrected chi connectivity index (χ4v) is 3.53. The molecule has 0 aliphatic carbocycles. The van der Waals surface area contributed by atoms with Gasteiger partial charge in [-0.2, -0.15) is 0 Å². The summed E-state index contributed by atoms with van der Waals surface area (Å²) in [5.41, 5.74) is 6.27. The first kappa shape index (κ1) is 11.6. The van der Waals surface area contributed by atoms with Crippen molar-refractivity contribution in [3.8, 4) is 0 Å². The molecule has 0 radical (unpaired) electrons. The highest BCUT2D eigenvalue weighted by atomic mass is 32.2. The first-order chi connectivity index (χ1) is 6.52. The van der Waals surface area contributed by atoms with Crippen molar-refractivity contribution in [2.24, 2.45) is 5.73 Å². The van der Waals surface area contributed by atoms with Crippen molar-refractivity contribution < 1.29 is 8.42 Å². The van der Waals surface area contributed by atoms with Gasteiger partial charge in [-0.25, -0.2) is 12.7 Å². The van der Waals surface area contributed by atoms with E-state index in [0.717, 1.165) is 5.56 Å². The zero-order chi connectivity index (χ0) is 10.8. The number of thiophene rings is 1. The summed E-state index contributed by atoms with van der Waals surface area (Å²) in [6, 6.07) is 1.63. The molecule has 0 atom stereocenters. The van der Waals surface area contributed by atoms with E-state index >= 15 is 0 Å². The molecular weight excluding hydrogens is 220 g/mol. The van der Waals surface area contributed by atoms with E-state index in [2.05, 4.69) is 0 Å². The molecule has 0 bridgehead atoms. The number of rotatable bonds is 4. The van der Waals surface area contributed by atoms with E-state index in [1.165, 1.54) is 15.6 Å². The second kappa shape index (κ2) is 4.39. The maximum absolute atomic E-state index is 11.8. The Kier molecular flexibility index (Phi) is 3.65. The molecule has 0 amide bonds. The van der Waals surface area contributed by atoms with Crippen molar-refractivity contribution in [2.45, 2.75) is 17.7 Å². The minimum Gasteiger partial charge on any atom is -0.326 e. The molecule has 1 rings (SSSR count). The lowest BCUT2D eigenvalue weighted by Gasteiger charge is -2.12. The number of hydrogen-bond acceptors (Lipinski definition) is 4. The van der Waals surface area contributed by atoms with Crippen LogP contribution < -0.4 is 5.73 Å². The molecule has 0 saturated heterocycles. The van der Waals surface area contributed by atoms with Gasteiger partial charge >= 0.3 is 0 Å². The van der Waals surface area contributed by atoms with Crippen molar-refractivity contribution in [3.63, 3.8) is 0 Å². The van der Waals surface area contributed by atoms with Crippen LogP contribution >= 0.6 is 11.3 Å². The normalized spacial score (nSPS) is 12.3. The highest BCUT2D eigenvalue weighted by Crippen LogP contribution is 2.22. The average Bonchev–Trinajstić information content (AvgIpc) is 2.65. The highest BCUT2D eigenvalue weighted by Gasteiger charge is 2.20. The zero-order valence-corrected chi connectivity index (χ0v) is 9.86. The summed E-state index contributed by atoms with van der Waals surface area (Å²) in [6.45, 7) is 2.65. The summed E-state index contributed by atoms with van der Waals surface area (Å²) >= 11 is 1.22. The van der Waals surface area contributed by atoms with E-state index in [0.29, 0.717) is 17.3 Å². The number of hydrogen-bond donors (Lipinski definition) is 1. The van der Waals surface area contributed by atoms with Gasteiger partial charge in [0.25, 0.3) is 10.0 Å². The van der Waals surface area contributed by atoms with Gasteiger partial charge in [-0.05, 0) is 17.0 Å². The lowest BCUT2D eigenvalue weighted by Crippen LogP contribution is -2.25. The number of nitrogens with two attached hydrogens (primary N) is 1. The quantitative estimate of drug-likeness (QED) is 0.840. The monoisotopic (exact) mass is 234 g/mol. The molecule has 6 heteroatoms. The van der Waals surface area contributed by atoms with Crippen LogP contribution in [0.2, 0.25) is 0 Å². The summed E-state index contributed by atoms with van der Waals surface area (Å²) in [5.74, 6) is 0. The summed E-state index contributed by atoms with van der Waals surface area (Å²) in [6.07, 6.45) is 0. The van der Waals surface area contributed by atoms with Crippen LogP contribution in [-0.2, 0) is 16.6 Å². The van der Waals surface area contributed by atoms with Crippen LogP contribution in [0.25, 0.3) is 0 Å². The largest absolute Gasteiger partial charge is 0.326 e. The highest BCUT2D eigenvalue weighted by molar-refractivity contribution is 7.91. The van der Waals surface area contributed by atoms with Gasteiger partial charge in [-0.3, -0.25) is 0 Å². The molecule has 0 aliphatic rings. The van der Waals surface area contributed by atoms with E-state index < -0.39 is 10.0 Å². The van der Waals surface area contributed by atoms with E-state index in [1.54, 1.807) is 25.4 Å². The second-order valence-electron chi connectivity index (χ2n) is 2.90. The first-order valence-electron chi connectivity index (χ1n) is 4.26. The molecular formula is C8H14N2O2S2. The minimum atomic E-state index is -3.28. The molecule has 1 aromatic heterocycles. The van der Waals surface area contributed by atoms with E-state index in [1.807, 2.05) is 0 Å². The second-order valence-corrected chi connectivity index (χ2v) is 6.08. The van der Waals surface area contributed by atoms with Crippen LogP contribution in [-0.4, -0.2) is 26.3 Å². The Labute approximate surface area is 88.4 Å². The van der Waals surface area contributed by atoms with Gasteiger partial charge in [-0.1, -0.05) is 6.92 Å². The zero-order valence-electron chi connectivity index (χ0n) is 8.23. The first-order valence-corrected chi connectivity index (χ1v) is 6.58. The van der Waals surface area contributed by atoms with Crippen molar-refractivity contribution in [2.75, 3.05) is 13.6 Å². The van der Waals surface area contributed by atoms with E-state index in [-0.39, 0.29) is 0 Å². The lowest BCUT2D eigenvalue weighted by molar-refractivity contribution is 0.488. The fourth-order valence-electron chi connectivity index (χ4n) is 0.919. The van der Waals surface area contributed by atoms with Crippen molar-refractivity contribution >= 4 is 21.4 Å². The van der Waals surface area contributed by atoms with Crippen molar-refractivity contribution in [3.05, 3.63) is 17.0 Å². The Morgan fingerprint density at radius 3 is 2.64 bits per heavy atom. The molecule has 0 aliphatic heterocycles. The molecule has 0 unspecified atom stereocenters. The van der Waals surface area contributed by atoms with Crippen LogP contribution in [0.4, 0.5) is 0 Å². The Balaban J connectivity index is 3.04. The molecule has 0 saturated carbocycles. The van der Waals surface area contributed by atoms with Crippen molar-refractivity contribution in [1.82, 2.24) is 4.31 Å². The minimum absolute atomic E-state index is 0.363. The Bertz CT molecular complexity index is 397. The molecule has 1 aromatic rings. The third kappa shape index (κ3) is 2.14. The van der Waals surface area contributed by atoms with E-state index in [9.17, 15) is 8.42 Å². The van der Waals surface area contributed by atoms with E-state index in [4.69, 9.17) is 5.73 Å². The van der Waals surface area contributed by atoms with Gasteiger partial charge in [0.1, 0.15) is 4.21 Å². The van der Waals surface area contributed by atoms with Gasteiger partial charge in [0.15, 0.2) is 0 Å². The van der Waals surface area contributed by atoms with Gasteiger partial charge in [0, 0.05) is 20.1 Å². The number of sulfonamides is 1. The fraction of sp³-hybridized carbons (Fsp3) is 0.500. The molecule has 0 aromatic carbocycles. The third-order valence-corrected chi connectivity index (χ3v) is 5.37. The molecule has 0 fully saturated rings. The molecule has 1 heterocycles. The van der Waals surface area contributed by atoms with Crippen LogP contribution in [0.3, 0.4) is 0 Å². The smallest absolute Gasteiger partial charge is 0.252 e. The van der Waals surface area contributed by atoms with Gasteiger partial charge in [0.05, 0.1) is 0 Å². The van der Waals surface area contributed by atoms with Crippen LogP contribution in [0.1, 0.15) is 12.5 Å². The molecule has 4 nitrogen and oxygen atoms in total. The molecule has 80 valence electrons. The van der Waals surface area contributed by atoms with Gasteiger partial charge in [0.2, 0.25) is 0 Å². The standard InChI is InChI=1S/C8H14N2O2S2/c1-3-10(2)14(11,12)8-4-7(5-9)6-13-8/h4,6H,3,5,9H2,1-2H3. The third-order valence-electron chi connectivity index (χ3n) is 1.98. The molecule has 0 spiro atoms. The van der Waals surface area contributed by atoms with Crippen LogP contribution in [0, 0.1) is 0 Å². The summed E-state index contributed by atoms with van der Waals surface area (Å²) in [7, 11) is -1.72. The molecule has 2 N–H and O–H groups in total. The maximum atomic E-state index is 11.8. The summed E-state index contributed by atoms with van der Waals surface area (Å²) in [5, 5.41) is 1.77. The van der Waals surface area contributed by atoms with Crippen molar-refractivity contribution in [1.29, 1.82) is 0 Å². The molecule has 14 heavy (non-hydrogen) atoms. The van der Waals surface area contributed by atoms with Crippen LogP contribution in [0.15, 0.2) is 15.7 Å². The van der Waals surface area contributed by atoms with Gasteiger partial charge < -0.3 is 5.73 Å². The maximum Gasteiger partial charge on any atom is 0.252 e.